The lowest BCUT2D eigenvalue weighted by atomic mass is 10.1. The first kappa shape index (κ1) is 14.4. The van der Waals surface area contributed by atoms with Gasteiger partial charge >= 0.3 is 5.97 Å². The van der Waals surface area contributed by atoms with E-state index in [1.165, 1.54) is 20.0 Å². The Morgan fingerprint density at radius 1 is 1.50 bits per heavy atom. The van der Waals surface area contributed by atoms with Crippen LogP contribution in [0, 0.1) is 5.92 Å². The maximum atomic E-state index is 11.4. The second-order valence-electron chi connectivity index (χ2n) is 4.57. The van der Waals surface area contributed by atoms with E-state index in [0.717, 1.165) is 12.2 Å². The Labute approximate surface area is 109 Å². The van der Waals surface area contributed by atoms with Crippen LogP contribution in [0.4, 0.5) is 11.4 Å². The van der Waals surface area contributed by atoms with Gasteiger partial charge in [-0.05, 0) is 30.5 Å². The zero-order valence-corrected chi connectivity index (χ0v) is 11.3. The Balaban J connectivity index is 2.72. The number of nitrogens with one attached hydrogen (secondary N) is 1. The summed E-state index contributed by atoms with van der Waals surface area (Å²) in [7, 11) is 1.37. The number of carbonyl (C=O) groups is 1. The van der Waals surface area contributed by atoms with Crippen LogP contribution in [0.5, 0.6) is 0 Å². The molecule has 0 aromatic heterocycles. The van der Waals surface area contributed by atoms with E-state index >= 15 is 0 Å². The van der Waals surface area contributed by atoms with E-state index in [2.05, 4.69) is 23.9 Å². The Bertz CT molecular complexity index is 405. The fraction of sp³-hybridized carbons (Fsp3) is 0.500. The van der Waals surface area contributed by atoms with E-state index in [4.69, 9.17) is 5.73 Å². The van der Waals surface area contributed by atoms with Crippen LogP contribution >= 0.6 is 0 Å². The van der Waals surface area contributed by atoms with E-state index in [9.17, 15) is 4.79 Å². The first-order valence-electron chi connectivity index (χ1n) is 6.30. The minimum atomic E-state index is -0.348. The van der Waals surface area contributed by atoms with Gasteiger partial charge < -0.3 is 15.8 Å². The zero-order chi connectivity index (χ0) is 13.5. The molecule has 1 aromatic rings. The van der Waals surface area contributed by atoms with Gasteiger partial charge in [0.1, 0.15) is 0 Å². The summed E-state index contributed by atoms with van der Waals surface area (Å²) in [6.45, 7) is 5.21. The zero-order valence-electron chi connectivity index (χ0n) is 11.3. The summed E-state index contributed by atoms with van der Waals surface area (Å²) in [5.74, 6) is 0.232. The van der Waals surface area contributed by atoms with Gasteiger partial charge in [0.05, 0.1) is 24.0 Å². The summed E-state index contributed by atoms with van der Waals surface area (Å²) < 4.78 is 4.69. The quantitative estimate of drug-likeness (QED) is 0.602. The molecular formula is C14H22N2O2. The third kappa shape index (κ3) is 3.95. The monoisotopic (exact) mass is 250 g/mol. The molecule has 0 aliphatic heterocycles. The Morgan fingerprint density at radius 2 is 2.22 bits per heavy atom. The molecule has 0 aliphatic carbocycles. The van der Waals surface area contributed by atoms with Gasteiger partial charge in [-0.2, -0.15) is 0 Å². The largest absolute Gasteiger partial charge is 0.465 e. The molecule has 1 rings (SSSR count). The van der Waals surface area contributed by atoms with Crippen molar-refractivity contribution in [2.75, 3.05) is 24.7 Å². The van der Waals surface area contributed by atoms with Crippen LogP contribution in [0.2, 0.25) is 0 Å². The van der Waals surface area contributed by atoms with Gasteiger partial charge in [-0.25, -0.2) is 4.79 Å². The number of esters is 1. The Kier molecular flexibility index (Phi) is 5.49. The molecule has 4 heteroatoms. The van der Waals surface area contributed by atoms with Crippen molar-refractivity contribution in [1.29, 1.82) is 0 Å². The standard InChI is InChI=1S/C14H22N2O2/c1-4-5-10(2)9-16-13-8-11(14(17)18-3)6-7-12(13)15/h6-8,10,16H,4-5,9,15H2,1-3H3/t10-/m0/s1. The van der Waals surface area contributed by atoms with Crippen molar-refractivity contribution in [2.45, 2.75) is 26.7 Å². The third-order valence-electron chi connectivity index (χ3n) is 2.90. The van der Waals surface area contributed by atoms with Crippen LogP contribution in [0.3, 0.4) is 0 Å². The van der Waals surface area contributed by atoms with Crippen molar-refractivity contribution in [2.24, 2.45) is 5.92 Å². The number of nitrogen functional groups attached to an aromatic ring is 1. The molecular weight excluding hydrogens is 228 g/mol. The van der Waals surface area contributed by atoms with Gasteiger partial charge in [0, 0.05) is 6.54 Å². The van der Waals surface area contributed by atoms with E-state index in [1.807, 2.05) is 0 Å². The first-order chi connectivity index (χ1) is 8.58. The van der Waals surface area contributed by atoms with E-state index < -0.39 is 0 Å². The maximum Gasteiger partial charge on any atom is 0.337 e. The molecule has 0 radical (unpaired) electrons. The molecule has 0 saturated carbocycles. The van der Waals surface area contributed by atoms with E-state index in [-0.39, 0.29) is 5.97 Å². The number of methoxy groups -OCH3 is 1. The molecule has 4 nitrogen and oxygen atoms in total. The minimum absolute atomic E-state index is 0.348. The van der Waals surface area contributed by atoms with Crippen LogP contribution in [0.25, 0.3) is 0 Å². The van der Waals surface area contributed by atoms with Crippen LogP contribution < -0.4 is 11.1 Å². The third-order valence-corrected chi connectivity index (χ3v) is 2.90. The predicted octanol–water partition coefficient (Wildman–Crippen LogP) is 2.90. The minimum Gasteiger partial charge on any atom is -0.465 e. The van der Waals surface area contributed by atoms with Crippen LogP contribution in [0.15, 0.2) is 18.2 Å². The maximum absolute atomic E-state index is 11.4. The highest BCUT2D eigenvalue weighted by molar-refractivity contribution is 5.91. The number of hydrogen-bond donors (Lipinski definition) is 2. The summed E-state index contributed by atoms with van der Waals surface area (Å²) in [5, 5.41) is 3.28. The molecule has 0 heterocycles. The molecule has 1 aromatic carbocycles. The smallest absolute Gasteiger partial charge is 0.337 e. The van der Waals surface area contributed by atoms with Crippen molar-refractivity contribution in [1.82, 2.24) is 0 Å². The molecule has 100 valence electrons. The summed E-state index contributed by atoms with van der Waals surface area (Å²) in [6.07, 6.45) is 2.34. The summed E-state index contributed by atoms with van der Waals surface area (Å²) in [4.78, 5) is 11.4. The molecule has 18 heavy (non-hydrogen) atoms. The average Bonchev–Trinajstić information content (AvgIpc) is 2.37. The van der Waals surface area contributed by atoms with Crippen molar-refractivity contribution < 1.29 is 9.53 Å². The normalized spacial score (nSPS) is 11.9. The van der Waals surface area contributed by atoms with Gasteiger partial charge in [-0.1, -0.05) is 20.3 Å². The number of ether oxygens (including phenoxy) is 1. The van der Waals surface area contributed by atoms with Gasteiger partial charge in [-0.3, -0.25) is 0 Å². The fourth-order valence-corrected chi connectivity index (χ4v) is 1.83. The SMILES string of the molecule is CCC[C@H](C)CNc1cc(C(=O)OC)ccc1N. The second-order valence-corrected chi connectivity index (χ2v) is 4.57. The van der Waals surface area contributed by atoms with E-state index in [1.54, 1.807) is 18.2 Å². The van der Waals surface area contributed by atoms with Gasteiger partial charge in [0.25, 0.3) is 0 Å². The predicted molar refractivity (Wildman–Crippen MR) is 74.8 cm³/mol. The summed E-state index contributed by atoms with van der Waals surface area (Å²) in [6, 6.07) is 5.13. The molecule has 0 spiro atoms. The van der Waals surface area contributed by atoms with Crippen molar-refractivity contribution >= 4 is 17.3 Å². The molecule has 0 unspecified atom stereocenters. The lowest BCUT2D eigenvalue weighted by Gasteiger charge is -2.14. The van der Waals surface area contributed by atoms with Crippen LogP contribution in [0.1, 0.15) is 37.0 Å². The molecule has 0 saturated heterocycles. The van der Waals surface area contributed by atoms with Gasteiger partial charge in [-0.15, -0.1) is 0 Å². The highest BCUT2D eigenvalue weighted by atomic mass is 16.5. The van der Waals surface area contributed by atoms with Gasteiger partial charge in [0.2, 0.25) is 0 Å². The van der Waals surface area contributed by atoms with E-state index in [0.29, 0.717) is 17.2 Å². The molecule has 3 N–H and O–H groups in total. The lowest BCUT2D eigenvalue weighted by Crippen LogP contribution is -2.13. The van der Waals surface area contributed by atoms with Crippen LogP contribution in [-0.4, -0.2) is 19.6 Å². The molecule has 1 atom stereocenters. The molecule has 0 bridgehead atoms. The van der Waals surface area contributed by atoms with Crippen molar-refractivity contribution in [3.05, 3.63) is 23.8 Å². The number of nitrogens with two attached hydrogens (primary N) is 1. The van der Waals surface area contributed by atoms with Crippen molar-refractivity contribution in [3.63, 3.8) is 0 Å². The van der Waals surface area contributed by atoms with Crippen molar-refractivity contribution in [3.8, 4) is 0 Å². The molecule has 0 amide bonds. The molecule has 0 fully saturated rings. The number of carbonyl (C=O) groups excluding carboxylic acids is 1. The van der Waals surface area contributed by atoms with Gasteiger partial charge in [0.15, 0.2) is 0 Å². The first-order valence-corrected chi connectivity index (χ1v) is 6.30. The summed E-state index contributed by atoms with van der Waals surface area (Å²) >= 11 is 0. The highest BCUT2D eigenvalue weighted by Gasteiger charge is 2.09. The summed E-state index contributed by atoms with van der Waals surface area (Å²) in [5.41, 5.74) is 7.83. The highest BCUT2D eigenvalue weighted by Crippen LogP contribution is 2.21. The topological polar surface area (TPSA) is 64.3 Å². The average molecular weight is 250 g/mol. The number of hydrogen-bond acceptors (Lipinski definition) is 4. The fourth-order valence-electron chi connectivity index (χ4n) is 1.83. The molecule has 0 aliphatic rings. The number of benzene rings is 1. The Hall–Kier alpha value is -1.71. The lowest BCUT2D eigenvalue weighted by molar-refractivity contribution is 0.0601. The number of anilines is 2. The second kappa shape index (κ2) is 6.89. The Morgan fingerprint density at radius 3 is 2.83 bits per heavy atom. The number of rotatable bonds is 6. The van der Waals surface area contributed by atoms with Crippen LogP contribution in [-0.2, 0) is 4.74 Å².